The van der Waals surface area contributed by atoms with Gasteiger partial charge in [-0.25, -0.2) is 13.8 Å². The summed E-state index contributed by atoms with van der Waals surface area (Å²) in [5, 5.41) is 4.41. The molecule has 2 aromatic carbocycles. The monoisotopic (exact) mass is 441 g/mol. The molecule has 0 aromatic heterocycles. The van der Waals surface area contributed by atoms with E-state index in [4.69, 9.17) is 23.2 Å². The highest BCUT2D eigenvalue weighted by atomic mass is 35.5. The Morgan fingerprint density at radius 1 is 1.14 bits per heavy atom. The van der Waals surface area contributed by atoms with Crippen LogP contribution in [0.5, 0.6) is 0 Å². The van der Waals surface area contributed by atoms with Crippen LogP contribution in [0.4, 0.5) is 5.69 Å². The zero-order chi connectivity index (χ0) is 20.9. The summed E-state index contributed by atoms with van der Waals surface area (Å²) >= 11 is 11.9. The minimum atomic E-state index is -3.73. The van der Waals surface area contributed by atoms with Crippen molar-refractivity contribution < 1.29 is 13.2 Å². The summed E-state index contributed by atoms with van der Waals surface area (Å²) in [6.45, 7) is 3.74. The fraction of sp³-hybridized carbons (Fsp3) is 0.263. The number of rotatable bonds is 7. The molecule has 0 heterocycles. The van der Waals surface area contributed by atoms with Gasteiger partial charge in [-0.15, -0.1) is 0 Å². The number of sulfonamides is 1. The highest BCUT2D eigenvalue weighted by molar-refractivity contribution is 7.92. The summed E-state index contributed by atoms with van der Waals surface area (Å²) in [6.07, 6.45) is 2.48. The van der Waals surface area contributed by atoms with Crippen LogP contribution in [0, 0.1) is 0 Å². The molecule has 150 valence electrons. The average Bonchev–Trinajstić information content (AvgIpc) is 2.58. The van der Waals surface area contributed by atoms with E-state index in [0.717, 1.165) is 16.1 Å². The van der Waals surface area contributed by atoms with E-state index in [-0.39, 0.29) is 15.7 Å². The number of carbonyl (C=O) groups excluding carboxylic acids is 1. The number of hydrogen-bond donors (Lipinski definition) is 1. The van der Waals surface area contributed by atoms with Gasteiger partial charge in [-0.2, -0.15) is 5.10 Å². The van der Waals surface area contributed by atoms with Crippen molar-refractivity contribution in [2.45, 2.75) is 19.8 Å². The van der Waals surface area contributed by atoms with Crippen molar-refractivity contribution in [3.63, 3.8) is 0 Å². The van der Waals surface area contributed by atoms with Crippen LogP contribution in [-0.4, -0.2) is 33.3 Å². The SMILES string of the molecule is CC(C)c1ccc(/C=N\NC(=O)CN(c2cc(Cl)cc(Cl)c2)S(C)(=O)=O)cc1. The van der Waals surface area contributed by atoms with Crippen molar-refractivity contribution in [1.29, 1.82) is 0 Å². The molecule has 0 unspecified atom stereocenters. The van der Waals surface area contributed by atoms with Gasteiger partial charge < -0.3 is 0 Å². The molecular weight excluding hydrogens is 421 g/mol. The Balaban J connectivity index is 2.07. The third kappa shape index (κ3) is 6.51. The first-order valence-corrected chi connectivity index (χ1v) is 11.0. The standard InChI is InChI=1S/C19H21Cl2N3O3S/c1-13(2)15-6-4-14(5-7-15)11-22-23-19(25)12-24(28(3,26)27)18-9-16(20)8-17(21)10-18/h4-11,13H,12H2,1-3H3,(H,23,25)/b22-11-. The van der Waals surface area contributed by atoms with Gasteiger partial charge in [0.05, 0.1) is 18.2 Å². The topological polar surface area (TPSA) is 78.8 Å². The number of halogens is 2. The molecule has 1 N–H and O–H groups in total. The molecule has 0 aliphatic rings. The van der Waals surface area contributed by atoms with E-state index in [0.29, 0.717) is 5.92 Å². The largest absolute Gasteiger partial charge is 0.271 e. The van der Waals surface area contributed by atoms with Gasteiger partial charge in [0.25, 0.3) is 5.91 Å². The maximum absolute atomic E-state index is 12.2. The Hall–Kier alpha value is -2.09. The van der Waals surface area contributed by atoms with E-state index in [1.807, 2.05) is 24.3 Å². The molecule has 1 amide bonds. The fourth-order valence-corrected chi connectivity index (χ4v) is 3.75. The van der Waals surface area contributed by atoms with Gasteiger partial charge in [0.15, 0.2) is 0 Å². The van der Waals surface area contributed by atoms with Gasteiger partial charge >= 0.3 is 0 Å². The Morgan fingerprint density at radius 2 is 1.71 bits per heavy atom. The van der Waals surface area contributed by atoms with Gasteiger partial charge in [-0.1, -0.05) is 61.3 Å². The second kappa shape index (κ2) is 9.41. The molecule has 0 saturated heterocycles. The predicted molar refractivity (Wildman–Crippen MR) is 115 cm³/mol. The van der Waals surface area contributed by atoms with Crippen molar-refractivity contribution in [2.24, 2.45) is 5.10 Å². The predicted octanol–water partition coefficient (Wildman–Crippen LogP) is 4.03. The molecule has 0 bridgehead atoms. The first-order valence-electron chi connectivity index (χ1n) is 8.42. The maximum atomic E-state index is 12.2. The van der Waals surface area contributed by atoms with E-state index in [9.17, 15) is 13.2 Å². The molecule has 0 radical (unpaired) electrons. The van der Waals surface area contributed by atoms with Crippen LogP contribution in [0.15, 0.2) is 47.6 Å². The van der Waals surface area contributed by atoms with Crippen LogP contribution in [0.25, 0.3) is 0 Å². The van der Waals surface area contributed by atoms with Gasteiger partial charge in [-0.3, -0.25) is 9.10 Å². The normalized spacial score (nSPS) is 11.8. The summed E-state index contributed by atoms with van der Waals surface area (Å²) in [7, 11) is -3.73. The second-order valence-corrected chi connectivity index (χ2v) is 9.29. The lowest BCUT2D eigenvalue weighted by molar-refractivity contribution is -0.119. The lowest BCUT2D eigenvalue weighted by Crippen LogP contribution is -2.39. The number of hydrogen-bond acceptors (Lipinski definition) is 4. The van der Waals surface area contributed by atoms with Crippen LogP contribution in [0.3, 0.4) is 0 Å². The molecule has 28 heavy (non-hydrogen) atoms. The Kier molecular flexibility index (Phi) is 7.46. The van der Waals surface area contributed by atoms with Gasteiger partial charge in [0, 0.05) is 10.0 Å². The molecule has 0 saturated carbocycles. The second-order valence-electron chi connectivity index (χ2n) is 6.51. The fourth-order valence-electron chi connectivity index (χ4n) is 2.39. The summed E-state index contributed by atoms with van der Waals surface area (Å²) in [4.78, 5) is 12.2. The zero-order valence-corrected chi connectivity index (χ0v) is 18.0. The van der Waals surface area contributed by atoms with Crippen molar-refractivity contribution in [3.8, 4) is 0 Å². The maximum Gasteiger partial charge on any atom is 0.260 e. The zero-order valence-electron chi connectivity index (χ0n) is 15.7. The van der Waals surface area contributed by atoms with Gasteiger partial charge in [0.2, 0.25) is 10.0 Å². The number of nitrogens with one attached hydrogen (secondary N) is 1. The third-order valence-electron chi connectivity index (χ3n) is 3.83. The summed E-state index contributed by atoms with van der Waals surface area (Å²) < 4.78 is 25.1. The van der Waals surface area contributed by atoms with Gasteiger partial charge in [0.1, 0.15) is 6.54 Å². The minimum Gasteiger partial charge on any atom is -0.271 e. The van der Waals surface area contributed by atoms with Crippen LogP contribution < -0.4 is 9.73 Å². The van der Waals surface area contributed by atoms with Gasteiger partial charge in [-0.05, 0) is 35.2 Å². The summed E-state index contributed by atoms with van der Waals surface area (Å²) in [6, 6.07) is 12.1. The highest BCUT2D eigenvalue weighted by Crippen LogP contribution is 2.26. The molecule has 9 heteroatoms. The summed E-state index contributed by atoms with van der Waals surface area (Å²) in [5.74, 6) is -0.177. The summed E-state index contributed by atoms with van der Waals surface area (Å²) in [5.41, 5.74) is 4.54. The lowest BCUT2D eigenvalue weighted by atomic mass is 10.0. The number of nitrogens with zero attached hydrogens (tertiary/aromatic N) is 2. The number of anilines is 1. The molecule has 0 aliphatic carbocycles. The Morgan fingerprint density at radius 3 is 2.21 bits per heavy atom. The quantitative estimate of drug-likeness (QED) is 0.520. The lowest BCUT2D eigenvalue weighted by Gasteiger charge is -2.21. The minimum absolute atomic E-state index is 0.198. The first kappa shape index (κ1) is 22.2. The molecule has 6 nitrogen and oxygen atoms in total. The smallest absolute Gasteiger partial charge is 0.260 e. The number of amides is 1. The van der Waals surface area contributed by atoms with Crippen molar-refractivity contribution >= 4 is 51.0 Å². The number of carbonyl (C=O) groups is 1. The average molecular weight is 442 g/mol. The van der Waals surface area contributed by atoms with Crippen molar-refractivity contribution in [3.05, 3.63) is 63.6 Å². The molecule has 0 aliphatic heterocycles. The molecule has 2 rings (SSSR count). The number of benzene rings is 2. The van der Waals surface area contributed by atoms with E-state index in [2.05, 4.69) is 24.4 Å². The van der Waals surface area contributed by atoms with Crippen LogP contribution in [0.2, 0.25) is 10.0 Å². The third-order valence-corrected chi connectivity index (χ3v) is 5.41. The molecule has 2 aromatic rings. The molecule has 0 atom stereocenters. The number of hydrazone groups is 1. The van der Waals surface area contributed by atoms with Crippen molar-refractivity contribution in [2.75, 3.05) is 17.1 Å². The van der Waals surface area contributed by atoms with Crippen LogP contribution in [-0.2, 0) is 14.8 Å². The van der Waals surface area contributed by atoms with E-state index >= 15 is 0 Å². The molecule has 0 fully saturated rings. The van der Waals surface area contributed by atoms with E-state index in [1.54, 1.807) is 0 Å². The Labute approximate surface area is 175 Å². The van der Waals surface area contributed by atoms with E-state index < -0.39 is 22.5 Å². The van der Waals surface area contributed by atoms with Crippen LogP contribution in [0.1, 0.15) is 30.9 Å². The Bertz CT molecular complexity index is 954. The highest BCUT2D eigenvalue weighted by Gasteiger charge is 2.21. The first-order chi connectivity index (χ1) is 13.1. The molecule has 0 spiro atoms. The van der Waals surface area contributed by atoms with Crippen LogP contribution >= 0.6 is 23.2 Å². The van der Waals surface area contributed by atoms with Crippen molar-refractivity contribution in [1.82, 2.24) is 5.43 Å². The van der Waals surface area contributed by atoms with E-state index in [1.165, 1.54) is 30.0 Å². The molecular formula is C19H21Cl2N3O3S.